The van der Waals surface area contributed by atoms with Crippen molar-refractivity contribution >= 4 is 17.3 Å². The van der Waals surface area contributed by atoms with E-state index >= 15 is 0 Å². The zero-order valence-corrected chi connectivity index (χ0v) is 8.61. The zero-order chi connectivity index (χ0) is 9.97. The van der Waals surface area contributed by atoms with E-state index in [0.29, 0.717) is 11.7 Å². The molecule has 4 heteroatoms. The molecule has 0 aromatic carbocycles. The molecule has 1 aliphatic heterocycles. The van der Waals surface area contributed by atoms with Gasteiger partial charge in [-0.3, -0.25) is 0 Å². The van der Waals surface area contributed by atoms with E-state index in [9.17, 15) is 5.11 Å². The van der Waals surface area contributed by atoms with E-state index < -0.39 is 0 Å². The second-order valence-corrected chi connectivity index (χ2v) is 3.91. The Bertz CT molecular complexity index is 319. The van der Waals surface area contributed by atoms with Crippen LogP contribution in [0.2, 0.25) is 5.15 Å². The van der Waals surface area contributed by atoms with Crippen LogP contribution in [0.4, 0.5) is 5.69 Å². The summed E-state index contributed by atoms with van der Waals surface area (Å²) < 4.78 is 0. The van der Waals surface area contributed by atoms with Crippen molar-refractivity contribution in [3.63, 3.8) is 0 Å². The van der Waals surface area contributed by atoms with E-state index in [1.807, 2.05) is 12.1 Å². The second-order valence-electron chi connectivity index (χ2n) is 3.56. The Hall–Kier alpha value is -0.800. The summed E-state index contributed by atoms with van der Waals surface area (Å²) in [4.78, 5) is 6.11. The first-order chi connectivity index (χ1) is 6.77. The Labute approximate surface area is 88.3 Å². The highest BCUT2D eigenvalue weighted by molar-refractivity contribution is 6.32. The topological polar surface area (TPSA) is 36.4 Å². The standard InChI is InChI=1S/C10H13ClN2O/c11-10-9(4-1-5-12-10)13-6-2-3-8(14)7-13/h1,4-5,8,14H,2-3,6-7H2. The van der Waals surface area contributed by atoms with E-state index in [0.717, 1.165) is 25.1 Å². The molecule has 1 aromatic heterocycles. The quantitative estimate of drug-likeness (QED) is 0.720. The van der Waals surface area contributed by atoms with Crippen LogP contribution in [0.5, 0.6) is 0 Å². The molecule has 0 aliphatic carbocycles. The van der Waals surface area contributed by atoms with Crippen molar-refractivity contribution in [2.45, 2.75) is 18.9 Å². The molecule has 3 nitrogen and oxygen atoms in total. The van der Waals surface area contributed by atoms with Crippen LogP contribution in [0, 0.1) is 0 Å². The van der Waals surface area contributed by atoms with E-state index in [-0.39, 0.29) is 6.10 Å². The number of hydrogen-bond donors (Lipinski definition) is 1. The summed E-state index contributed by atoms with van der Waals surface area (Å²) in [6.07, 6.45) is 3.33. The van der Waals surface area contributed by atoms with Crippen molar-refractivity contribution in [3.05, 3.63) is 23.5 Å². The molecule has 76 valence electrons. The number of aromatic nitrogens is 1. The van der Waals surface area contributed by atoms with Crippen molar-refractivity contribution in [2.24, 2.45) is 0 Å². The van der Waals surface area contributed by atoms with Gasteiger partial charge in [0.05, 0.1) is 11.8 Å². The van der Waals surface area contributed by atoms with Crippen molar-refractivity contribution < 1.29 is 5.11 Å². The molecule has 0 spiro atoms. The largest absolute Gasteiger partial charge is 0.391 e. The highest BCUT2D eigenvalue weighted by Crippen LogP contribution is 2.25. The first kappa shape index (κ1) is 9.74. The molecule has 14 heavy (non-hydrogen) atoms. The fourth-order valence-electron chi connectivity index (χ4n) is 1.79. The molecule has 0 radical (unpaired) electrons. The van der Waals surface area contributed by atoms with Crippen molar-refractivity contribution in [3.8, 4) is 0 Å². The van der Waals surface area contributed by atoms with Crippen molar-refractivity contribution in [2.75, 3.05) is 18.0 Å². The SMILES string of the molecule is OC1CCCN(c2cccnc2Cl)C1. The second kappa shape index (κ2) is 4.15. The molecule has 2 rings (SSSR count). The normalized spacial score (nSPS) is 22.4. The summed E-state index contributed by atoms with van der Waals surface area (Å²) in [7, 11) is 0. The number of hydrogen-bond acceptors (Lipinski definition) is 3. The lowest BCUT2D eigenvalue weighted by Gasteiger charge is -2.32. The molecule has 1 fully saturated rings. The Balaban J connectivity index is 2.18. The van der Waals surface area contributed by atoms with Crippen LogP contribution >= 0.6 is 11.6 Å². The average Bonchev–Trinajstić information content (AvgIpc) is 2.18. The number of β-amino-alcohol motifs (C(OH)–C–C–N with tert-alkyl or cyclic N) is 1. The minimum atomic E-state index is -0.236. The Morgan fingerprint density at radius 3 is 3.14 bits per heavy atom. The van der Waals surface area contributed by atoms with Gasteiger partial charge in [-0.15, -0.1) is 0 Å². The first-order valence-electron chi connectivity index (χ1n) is 4.81. The predicted molar refractivity (Wildman–Crippen MR) is 56.7 cm³/mol. The van der Waals surface area contributed by atoms with Gasteiger partial charge in [-0.2, -0.15) is 0 Å². The molecule has 0 amide bonds. The summed E-state index contributed by atoms with van der Waals surface area (Å²) in [5.74, 6) is 0. The van der Waals surface area contributed by atoms with Crippen LogP contribution < -0.4 is 4.90 Å². The summed E-state index contributed by atoms with van der Waals surface area (Å²) >= 11 is 5.97. The van der Waals surface area contributed by atoms with Gasteiger partial charge in [-0.25, -0.2) is 4.98 Å². The third-order valence-electron chi connectivity index (χ3n) is 2.48. The predicted octanol–water partition coefficient (Wildman–Crippen LogP) is 1.70. The van der Waals surface area contributed by atoms with Gasteiger partial charge in [0, 0.05) is 19.3 Å². The van der Waals surface area contributed by atoms with Gasteiger partial charge in [0.15, 0.2) is 5.15 Å². The van der Waals surface area contributed by atoms with Gasteiger partial charge >= 0.3 is 0 Å². The third-order valence-corrected chi connectivity index (χ3v) is 2.77. The van der Waals surface area contributed by atoms with E-state index in [1.165, 1.54) is 0 Å². The molecule has 1 atom stereocenters. The van der Waals surface area contributed by atoms with Gasteiger partial charge in [-0.1, -0.05) is 11.6 Å². The van der Waals surface area contributed by atoms with E-state index in [2.05, 4.69) is 9.88 Å². The molecule has 1 aliphatic rings. The molecular formula is C10H13ClN2O. The molecule has 1 unspecified atom stereocenters. The maximum Gasteiger partial charge on any atom is 0.152 e. The van der Waals surface area contributed by atoms with Gasteiger partial charge < -0.3 is 10.0 Å². The number of aliphatic hydroxyl groups is 1. The van der Waals surface area contributed by atoms with Crippen LogP contribution in [0.3, 0.4) is 0 Å². The van der Waals surface area contributed by atoms with Crippen molar-refractivity contribution in [1.29, 1.82) is 0 Å². The molecule has 0 bridgehead atoms. The number of aliphatic hydroxyl groups excluding tert-OH is 1. The van der Waals surface area contributed by atoms with Gasteiger partial charge in [0.25, 0.3) is 0 Å². The molecule has 1 aromatic rings. The lowest BCUT2D eigenvalue weighted by molar-refractivity contribution is 0.154. The first-order valence-corrected chi connectivity index (χ1v) is 5.18. The number of piperidine rings is 1. The van der Waals surface area contributed by atoms with Crippen LogP contribution in [-0.4, -0.2) is 29.3 Å². The number of halogens is 1. The van der Waals surface area contributed by atoms with Gasteiger partial charge in [-0.05, 0) is 25.0 Å². The Morgan fingerprint density at radius 1 is 1.57 bits per heavy atom. The maximum atomic E-state index is 9.53. The number of nitrogens with zero attached hydrogens (tertiary/aromatic N) is 2. The summed E-state index contributed by atoms with van der Waals surface area (Å²) in [6, 6.07) is 3.80. The molecular weight excluding hydrogens is 200 g/mol. The van der Waals surface area contributed by atoms with Crippen LogP contribution in [0.25, 0.3) is 0 Å². The minimum Gasteiger partial charge on any atom is -0.391 e. The number of rotatable bonds is 1. The van der Waals surface area contributed by atoms with Crippen LogP contribution in [0.1, 0.15) is 12.8 Å². The third kappa shape index (κ3) is 1.99. The van der Waals surface area contributed by atoms with Gasteiger partial charge in [0.2, 0.25) is 0 Å². The Kier molecular flexibility index (Phi) is 2.89. The minimum absolute atomic E-state index is 0.236. The highest BCUT2D eigenvalue weighted by atomic mass is 35.5. The summed E-state index contributed by atoms with van der Waals surface area (Å²) in [5, 5.41) is 10.0. The fraction of sp³-hybridized carbons (Fsp3) is 0.500. The van der Waals surface area contributed by atoms with Crippen LogP contribution in [-0.2, 0) is 0 Å². The molecule has 1 saturated heterocycles. The number of pyridine rings is 1. The lowest BCUT2D eigenvalue weighted by Crippen LogP contribution is -2.38. The summed E-state index contributed by atoms with van der Waals surface area (Å²) in [6.45, 7) is 1.61. The molecule has 1 N–H and O–H groups in total. The molecule has 0 saturated carbocycles. The zero-order valence-electron chi connectivity index (χ0n) is 7.86. The molecule has 2 heterocycles. The lowest BCUT2D eigenvalue weighted by atomic mass is 10.1. The maximum absolute atomic E-state index is 9.53. The fourth-order valence-corrected chi connectivity index (χ4v) is 2.03. The highest BCUT2D eigenvalue weighted by Gasteiger charge is 2.19. The number of anilines is 1. The van der Waals surface area contributed by atoms with Crippen LogP contribution in [0.15, 0.2) is 18.3 Å². The monoisotopic (exact) mass is 212 g/mol. The average molecular weight is 213 g/mol. The Morgan fingerprint density at radius 2 is 2.43 bits per heavy atom. The van der Waals surface area contributed by atoms with Crippen molar-refractivity contribution in [1.82, 2.24) is 4.98 Å². The van der Waals surface area contributed by atoms with E-state index in [1.54, 1.807) is 6.20 Å². The van der Waals surface area contributed by atoms with Gasteiger partial charge in [0.1, 0.15) is 0 Å². The summed E-state index contributed by atoms with van der Waals surface area (Å²) in [5.41, 5.74) is 0.924. The van der Waals surface area contributed by atoms with E-state index in [4.69, 9.17) is 11.6 Å². The smallest absolute Gasteiger partial charge is 0.152 e.